The van der Waals surface area contributed by atoms with Crippen molar-refractivity contribution in [2.75, 3.05) is 38.1 Å². The number of carbonyl (C=O) groups is 1. The van der Waals surface area contributed by atoms with Crippen molar-refractivity contribution in [3.63, 3.8) is 0 Å². The number of nitrogens with zero attached hydrogens (tertiary/aromatic N) is 1. The minimum atomic E-state index is -0.367. The maximum Gasteiger partial charge on any atom is 0.411 e. The number of hydrogen-bond acceptors (Lipinski definition) is 5. The number of piperidine rings is 3. The second-order valence-corrected chi connectivity index (χ2v) is 10.1. The Hall–Kier alpha value is -3.35. The summed E-state index contributed by atoms with van der Waals surface area (Å²) in [5.41, 5.74) is 10.8. The first-order valence-electron chi connectivity index (χ1n) is 13.5. The number of nitrogens with one attached hydrogen (secondary N) is 1. The highest BCUT2D eigenvalue weighted by Gasteiger charge is 2.36. The molecule has 3 saturated heterocycles. The second kappa shape index (κ2) is 12.3. The molecule has 3 heterocycles. The fraction of sp³-hybridized carbons (Fsp3) is 0.387. The molecule has 0 aliphatic carbocycles. The lowest BCUT2D eigenvalue weighted by atomic mass is 9.86. The van der Waals surface area contributed by atoms with Crippen molar-refractivity contribution in [2.45, 2.75) is 38.2 Å². The van der Waals surface area contributed by atoms with E-state index < -0.39 is 0 Å². The summed E-state index contributed by atoms with van der Waals surface area (Å²) in [6.07, 6.45) is 4.41. The molecule has 3 aliphatic rings. The molecule has 1 amide bonds. The van der Waals surface area contributed by atoms with Gasteiger partial charge in [-0.05, 0) is 92.5 Å². The lowest BCUT2D eigenvalue weighted by Gasteiger charge is -2.43. The molecule has 0 saturated carbocycles. The molecule has 3 fully saturated rings. The molecule has 0 unspecified atom stereocenters. The third-order valence-corrected chi connectivity index (χ3v) is 7.47. The molecule has 0 spiro atoms. The van der Waals surface area contributed by atoms with Crippen LogP contribution in [0.3, 0.4) is 0 Å². The van der Waals surface area contributed by atoms with Crippen molar-refractivity contribution in [3.8, 4) is 16.9 Å². The van der Waals surface area contributed by atoms with Gasteiger partial charge in [-0.1, -0.05) is 54.6 Å². The van der Waals surface area contributed by atoms with Gasteiger partial charge in [0.1, 0.15) is 11.9 Å². The number of benzene rings is 3. The van der Waals surface area contributed by atoms with Gasteiger partial charge >= 0.3 is 6.09 Å². The van der Waals surface area contributed by atoms with E-state index in [4.69, 9.17) is 15.2 Å². The Balaban J connectivity index is 1.23. The van der Waals surface area contributed by atoms with E-state index in [1.807, 2.05) is 30.3 Å². The van der Waals surface area contributed by atoms with Gasteiger partial charge in [-0.25, -0.2) is 4.79 Å². The summed E-state index contributed by atoms with van der Waals surface area (Å²) in [6, 6.07) is 24.6. The van der Waals surface area contributed by atoms with Crippen molar-refractivity contribution >= 4 is 11.8 Å². The molecule has 37 heavy (non-hydrogen) atoms. The van der Waals surface area contributed by atoms with Crippen LogP contribution in [-0.2, 0) is 17.6 Å². The second-order valence-electron chi connectivity index (χ2n) is 10.1. The Kier molecular flexibility index (Phi) is 8.39. The SMILES string of the molecule is NCCc1cccc(OCCCc2ccc(-c3ccccc3)c(NC(=O)O[C@H]3CN4CCC3CC4)c2)c1. The highest BCUT2D eigenvalue weighted by atomic mass is 16.6. The zero-order valence-corrected chi connectivity index (χ0v) is 21.4. The summed E-state index contributed by atoms with van der Waals surface area (Å²) >= 11 is 0. The molecule has 3 aliphatic heterocycles. The maximum absolute atomic E-state index is 13.0. The highest BCUT2D eigenvalue weighted by molar-refractivity contribution is 5.91. The summed E-state index contributed by atoms with van der Waals surface area (Å²) in [6.45, 7) is 4.34. The van der Waals surface area contributed by atoms with E-state index in [0.717, 1.165) is 79.9 Å². The van der Waals surface area contributed by atoms with Crippen molar-refractivity contribution in [3.05, 3.63) is 83.9 Å². The summed E-state index contributed by atoms with van der Waals surface area (Å²) in [5, 5.41) is 3.07. The molecule has 3 N–H and O–H groups in total. The number of fused-ring (bicyclic) bond motifs is 3. The van der Waals surface area contributed by atoms with E-state index in [-0.39, 0.29) is 12.2 Å². The molecule has 6 heteroatoms. The van der Waals surface area contributed by atoms with E-state index in [2.05, 4.69) is 52.7 Å². The Morgan fingerprint density at radius 1 is 0.946 bits per heavy atom. The quantitative estimate of drug-likeness (QED) is 0.360. The molecule has 194 valence electrons. The third kappa shape index (κ3) is 6.70. The molecule has 6 rings (SSSR count). The molecule has 6 nitrogen and oxygen atoms in total. The highest BCUT2D eigenvalue weighted by Crippen LogP contribution is 2.32. The minimum Gasteiger partial charge on any atom is -0.494 e. The first-order valence-corrected chi connectivity index (χ1v) is 13.5. The van der Waals surface area contributed by atoms with Crippen molar-refractivity contribution in [1.82, 2.24) is 4.90 Å². The number of nitrogens with two attached hydrogens (primary N) is 1. The number of anilines is 1. The molecule has 3 aromatic rings. The number of hydrogen-bond donors (Lipinski definition) is 2. The van der Waals surface area contributed by atoms with Gasteiger partial charge in [-0.15, -0.1) is 0 Å². The van der Waals surface area contributed by atoms with E-state index in [9.17, 15) is 4.79 Å². The predicted octanol–water partition coefficient (Wildman–Crippen LogP) is 5.51. The van der Waals surface area contributed by atoms with Crippen LogP contribution in [0.5, 0.6) is 5.75 Å². The van der Waals surface area contributed by atoms with Crippen LogP contribution in [0.1, 0.15) is 30.4 Å². The van der Waals surface area contributed by atoms with E-state index >= 15 is 0 Å². The van der Waals surface area contributed by atoms with Gasteiger partial charge in [-0.2, -0.15) is 0 Å². The van der Waals surface area contributed by atoms with Crippen LogP contribution >= 0.6 is 0 Å². The Morgan fingerprint density at radius 2 is 1.76 bits per heavy atom. The van der Waals surface area contributed by atoms with Gasteiger partial charge in [0, 0.05) is 12.1 Å². The van der Waals surface area contributed by atoms with Gasteiger partial charge < -0.3 is 15.2 Å². The number of carbonyl (C=O) groups excluding carboxylic acids is 1. The average molecular weight is 500 g/mol. The maximum atomic E-state index is 13.0. The topological polar surface area (TPSA) is 76.8 Å². The monoisotopic (exact) mass is 499 g/mol. The van der Waals surface area contributed by atoms with Crippen LogP contribution in [0.2, 0.25) is 0 Å². The number of ether oxygens (including phenoxy) is 2. The molecule has 0 radical (unpaired) electrons. The van der Waals surface area contributed by atoms with Gasteiger partial charge in [0.2, 0.25) is 0 Å². The van der Waals surface area contributed by atoms with Crippen molar-refractivity contribution in [1.29, 1.82) is 0 Å². The van der Waals surface area contributed by atoms with Crippen LogP contribution in [0.25, 0.3) is 11.1 Å². The molecular weight excluding hydrogens is 462 g/mol. The normalized spacial score (nSPS) is 20.4. The zero-order chi connectivity index (χ0) is 25.5. The number of rotatable bonds is 10. The standard InChI is InChI=1S/C31H37N3O3/c32-16-13-24-6-4-10-27(20-24)36-19-5-7-23-11-12-28(25-8-2-1-3-9-25)29(21-23)33-31(35)37-30-22-34-17-14-26(30)15-18-34/h1-4,6,8-12,20-21,26,30H,5,7,13-19,22,32H2,(H,33,35)/t30-/m0/s1. The van der Waals surface area contributed by atoms with Gasteiger partial charge in [0.25, 0.3) is 0 Å². The van der Waals surface area contributed by atoms with Gasteiger partial charge in [-0.3, -0.25) is 10.2 Å². The van der Waals surface area contributed by atoms with E-state index in [1.165, 1.54) is 5.56 Å². The van der Waals surface area contributed by atoms with Crippen LogP contribution < -0.4 is 15.8 Å². The first-order chi connectivity index (χ1) is 18.2. The smallest absolute Gasteiger partial charge is 0.411 e. The first kappa shape index (κ1) is 25.3. The third-order valence-electron chi connectivity index (χ3n) is 7.47. The molecule has 0 aromatic heterocycles. The van der Waals surface area contributed by atoms with Gasteiger partial charge in [0.05, 0.1) is 12.3 Å². The predicted molar refractivity (Wildman–Crippen MR) is 148 cm³/mol. The fourth-order valence-electron chi connectivity index (χ4n) is 5.46. The molecule has 2 bridgehead atoms. The fourth-order valence-corrected chi connectivity index (χ4v) is 5.46. The minimum absolute atomic E-state index is 0.0219. The van der Waals surface area contributed by atoms with Crippen LogP contribution in [0.15, 0.2) is 72.8 Å². The summed E-state index contributed by atoms with van der Waals surface area (Å²) in [5.74, 6) is 1.36. The van der Waals surface area contributed by atoms with Crippen molar-refractivity contribution in [2.24, 2.45) is 11.7 Å². The zero-order valence-electron chi connectivity index (χ0n) is 21.4. The van der Waals surface area contributed by atoms with Crippen molar-refractivity contribution < 1.29 is 14.3 Å². The van der Waals surface area contributed by atoms with E-state index in [0.29, 0.717) is 19.1 Å². The van der Waals surface area contributed by atoms with Crippen LogP contribution in [0, 0.1) is 5.92 Å². The lowest BCUT2D eigenvalue weighted by Crippen LogP contribution is -2.52. The molecule has 3 aromatic carbocycles. The molecule has 1 atom stereocenters. The van der Waals surface area contributed by atoms with Gasteiger partial charge in [0.15, 0.2) is 0 Å². The number of aryl methyl sites for hydroxylation is 1. The average Bonchev–Trinajstić information content (AvgIpc) is 2.93. The summed E-state index contributed by atoms with van der Waals surface area (Å²) < 4.78 is 11.9. The summed E-state index contributed by atoms with van der Waals surface area (Å²) in [4.78, 5) is 15.4. The Labute approximate surface area is 219 Å². The van der Waals surface area contributed by atoms with Crippen LogP contribution in [-0.4, -0.2) is 49.9 Å². The Bertz CT molecular complexity index is 1180. The molecular formula is C31H37N3O3. The van der Waals surface area contributed by atoms with E-state index in [1.54, 1.807) is 0 Å². The lowest BCUT2D eigenvalue weighted by molar-refractivity contribution is -0.0289. The van der Waals surface area contributed by atoms with Crippen LogP contribution in [0.4, 0.5) is 10.5 Å². The summed E-state index contributed by atoms with van der Waals surface area (Å²) in [7, 11) is 0. The number of amides is 1. The Morgan fingerprint density at radius 3 is 2.51 bits per heavy atom. The largest absolute Gasteiger partial charge is 0.494 e.